The van der Waals surface area contributed by atoms with Crippen molar-refractivity contribution >= 4 is 16.8 Å². The van der Waals surface area contributed by atoms with E-state index in [9.17, 15) is 9.59 Å². The molecule has 7 nitrogen and oxygen atoms in total. The quantitative estimate of drug-likeness (QED) is 0.500. The van der Waals surface area contributed by atoms with Crippen molar-refractivity contribution in [1.82, 2.24) is 25.3 Å². The first-order valence-electron chi connectivity index (χ1n) is 8.94. The van der Waals surface area contributed by atoms with Crippen LogP contribution in [0.25, 0.3) is 10.9 Å². The molecule has 28 heavy (non-hydrogen) atoms. The molecule has 0 saturated carbocycles. The van der Waals surface area contributed by atoms with Crippen LogP contribution >= 0.6 is 0 Å². The molecule has 0 aliphatic heterocycles. The third kappa shape index (κ3) is 3.68. The van der Waals surface area contributed by atoms with Crippen LogP contribution in [-0.4, -0.2) is 25.8 Å². The number of aromatic amines is 2. The molecule has 0 radical (unpaired) electrons. The number of para-hydroxylation sites is 1. The van der Waals surface area contributed by atoms with E-state index in [2.05, 4.69) is 25.3 Å². The number of hydrogen-bond donors (Lipinski definition) is 3. The average molecular weight is 373 g/mol. The highest BCUT2D eigenvalue weighted by Gasteiger charge is 2.20. The van der Waals surface area contributed by atoms with Gasteiger partial charge in [-0.15, -0.1) is 0 Å². The number of nitrogens with one attached hydrogen (secondary N) is 3. The zero-order valence-corrected chi connectivity index (χ0v) is 15.3. The van der Waals surface area contributed by atoms with Gasteiger partial charge in [0.15, 0.2) is 0 Å². The van der Waals surface area contributed by atoms with Gasteiger partial charge in [-0.1, -0.05) is 18.2 Å². The summed E-state index contributed by atoms with van der Waals surface area (Å²) in [5.74, 6) is 0.236. The van der Waals surface area contributed by atoms with Crippen LogP contribution in [0.1, 0.15) is 33.5 Å². The lowest BCUT2D eigenvalue weighted by atomic mass is 10.0. The molecule has 3 aromatic heterocycles. The molecule has 140 valence electrons. The van der Waals surface area contributed by atoms with E-state index in [1.807, 2.05) is 30.5 Å². The van der Waals surface area contributed by atoms with E-state index in [-0.39, 0.29) is 11.5 Å². The Morgan fingerprint density at radius 3 is 2.86 bits per heavy atom. The number of aromatic nitrogens is 4. The summed E-state index contributed by atoms with van der Waals surface area (Å²) in [4.78, 5) is 39.0. The highest BCUT2D eigenvalue weighted by Crippen LogP contribution is 2.23. The van der Waals surface area contributed by atoms with Crippen molar-refractivity contribution in [3.05, 3.63) is 94.1 Å². The van der Waals surface area contributed by atoms with Gasteiger partial charge in [0, 0.05) is 42.0 Å². The number of nitrogens with zero attached hydrogens (tertiary/aromatic N) is 2. The topological polar surface area (TPSA) is 104 Å². The first-order valence-corrected chi connectivity index (χ1v) is 8.94. The maximum absolute atomic E-state index is 12.7. The highest BCUT2D eigenvalue weighted by molar-refractivity contribution is 5.94. The van der Waals surface area contributed by atoms with Crippen molar-refractivity contribution in [2.75, 3.05) is 0 Å². The molecule has 3 N–H and O–H groups in total. The van der Waals surface area contributed by atoms with Gasteiger partial charge >= 0.3 is 0 Å². The van der Waals surface area contributed by atoms with E-state index in [1.165, 1.54) is 12.3 Å². The second-order valence-electron chi connectivity index (χ2n) is 6.59. The number of carbonyl (C=O) groups is 1. The number of pyridine rings is 1. The van der Waals surface area contributed by atoms with Crippen LogP contribution in [0.3, 0.4) is 0 Å². The molecule has 4 rings (SSSR count). The van der Waals surface area contributed by atoms with E-state index in [0.717, 1.165) is 16.5 Å². The predicted molar refractivity (Wildman–Crippen MR) is 106 cm³/mol. The molecule has 0 aliphatic rings. The molecule has 0 unspecified atom stereocenters. The van der Waals surface area contributed by atoms with Crippen molar-refractivity contribution < 1.29 is 4.79 Å². The monoisotopic (exact) mass is 373 g/mol. The zero-order chi connectivity index (χ0) is 19.5. The third-order valence-electron chi connectivity index (χ3n) is 4.56. The second-order valence-corrected chi connectivity index (χ2v) is 6.59. The molecule has 0 spiro atoms. The molecule has 1 amide bonds. The second kappa shape index (κ2) is 7.48. The Labute approximate surface area is 160 Å². The van der Waals surface area contributed by atoms with E-state index in [4.69, 9.17) is 0 Å². The van der Waals surface area contributed by atoms with Gasteiger partial charge in [0.25, 0.3) is 11.5 Å². The van der Waals surface area contributed by atoms with Gasteiger partial charge < -0.3 is 15.3 Å². The molecule has 1 atom stereocenters. The fourth-order valence-electron chi connectivity index (χ4n) is 3.27. The number of rotatable bonds is 5. The number of amides is 1. The van der Waals surface area contributed by atoms with Gasteiger partial charge in [0.05, 0.1) is 17.3 Å². The van der Waals surface area contributed by atoms with Crippen LogP contribution in [0, 0.1) is 6.92 Å². The Morgan fingerprint density at radius 1 is 1.21 bits per heavy atom. The largest absolute Gasteiger partial charge is 0.361 e. The lowest BCUT2D eigenvalue weighted by Gasteiger charge is -2.18. The summed E-state index contributed by atoms with van der Waals surface area (Å²) in [6.45, 7) is 1.72. The molecule has 4 aromatic rings. The van der Waals surface area contributed by atoms with Crippen molar-refractivity contribution in [2.24, 2.45) is 0 Å². The summed E-state index contributed by atoms with van der Waals surface area (Å²) < 4.78 is 0. The highest BCUT2D eigenvalue weighted by atomic mass is 16.1. The van der Waals surface area contributed by atoms with Gasteiger partial charge in [-0.05, 0) is 30.7 Å². The van der Waals surface area contributed by atoms with Gasteiger partial charge in [0.2, 0.25) is 0 Å². The summed E-state index contributed by atoms with van der Waals surface area (Å²) in [7, 11) is 0. The number of fused-ring (bicyclic) bond motifs is 1. The fourth-order valence-corrected chi connectivity index (χ4v) is 3.27. The maximum atomic E-state index is 12.7. The van der Waals surface area contributed by atoms with Gasteiger partial charge in [-0.3, -0.25) is 14.6 Å². The fraction of sp³-hybridized carbons (Fsp3) is 0.143. The van der Waals surface area contributed by atoms with Crippen LogP contribution in [0.4, 0.5) is 0 Å². The molecule has 0 saturated heterocycles. The maximum Gasteiger partial charge on any atom is 0.253 e. The lowest BCUT2D eigenvalue weighted by Crippen LogP contribution is -2.31. The Balaban J connectivity index is 1.70. The van der Waals surface area contributed by atoms with Gasteiger partial charge in [-0.25, -0.2) is 4.98 Å². The standard InChI is InChI=1S/C21H19N5O2/c1-13-24-19(10-20(27)25-13)18(26-21(28)14-5-4-8-22-11-14)9-15-12-23-17-7-3-2-6-16(15)17/h2-8,10-12,18,23H,9H2,1H3,(H,26,28)(H,24,25,27)/t18-/m1/s1. The molecule has 3 heterocycles. The molecule has 0 bridgehead atoms. The SMILES string of the molecule is Cc1nc([C@@H](Cc2c[nH]c3ccccc23)NC(=O)c2cccnc2)cc(=O)[nH]1. The normalized spacial score (nSPS) is 12.0. The van der Waals surface area contributed by atoms with Gasteiger partial charge in [-0.2, -0.15) is 0 Å². The first-order chi connectivity index (χ1) is 13.6. The van der Waals surface area contributed by atoms with Crippen LogP contribution in [-0.2, 0) is 6.42 Å². The van der Waals surface area contributed by atoms with E-state index in [1.54, 1.807) is 25.3 Å². The van der Waals surface area contributed by atoms with E-state index >= 15 is 0 Å². The molecule has 7 heteroatoms. The number of carbonyl (C=O) groups excluding carboxylic acids is 1. The number of H-pyrrole nitrogens is 2. The summed E-state index contributed by atoms with van der Waals surface area (Å²) in [5.41, 5.74) is 2.77. The van der Waals surface area contributed by atoms with Gasteiger partial charge in [0.1, 0.15) is 5.82 Å². The predicted octanol–water partition coefficient (Wildman–Crippen LogP) is 2.67. The van der Waals surface area contributed by atoms with Crippen molar-refractivity contribution in [3.8, 4) is 0 Å². The molecule has 1 aromatic carbocycles. The number of hydrogen-bond acceptors (Lipinski definition) is 4. The van der Waals surface area contributed by atoms with Crippen molar-refractivity contribution in [1.29, 1.82) is 0 Å². The molecular formula is C21H19N5O2. The Bertz CT molecular complexity index is 1180. The minimum Gasteiger partial charge on any atom is -0.361 e. The lowest BCUT2D eigenvalue weighted by molar-refractivity contribution is 0.0935. The number of aryl methyl sites for hydroxylation is 1. The minimum absolute atomic E-state index is 0.248. The number of benzene rings is 1. The Kier molecular flexibility index (Phi) is 4.72. The summed E-state index contributed by atoms with van der Waals surface area (Å²) >= 11 is 0. The average Bonchev–Trinajstić information content (AvgIpc) is 3.10. The van der Waals surface area contributed by atoms with Crippen LogP contribution < -0.4 is 10.9 Å². The van der Waals surface area contributed by atoms with Crippen molar-refractivity contribution in [3.63, 3.8) is 0 Å². The summed E-state index contributed by atoms with van der Waals surface area (Å²) in [6.07, 6.45) is 5.54. The van der Waals surface area contributed by atoms with E-state index < -0.39 is 6.04 Å². The zero-order valence-electron chi connectivity index (χ0n) is 15.3. The Hall–Kier alpha value is -3.74. The summed E-state index contributed by atoms with van der Waals surface area (Å²) in [5, 5.41) is 4.07. The Morgan fingerprint density at radius 2 is 2.07 bits per heavy atom. The summed E-state index contributed by atoms with van der Waals surface area (Å²) in [6, 6.07) is 12.3. The third-order valence-corrected chi connectivity index (χ3v) is 4.56. The smallest absolute Gasteiger partial charge is 0.253 e. The van der Waals surface area contributed by atoms with Crippen LogP contribution in [0.2, 0.25) is 0 Å². The first kappa shape index (κ1) is 17.7. The van der Waals surface area contributed by atoms with Crippen molar-refractivity contribution in [2.45, 2.75) is 19.4 Å². The van der Waals surface area contributed by atoms with Crippen LogP contribution in [0.15, 0.2) is 65.8 Å². The van der Waals surface area contributed by atoms with E-state index in [0.29, 0.717) is 23.5 Å². The molecular weight excluding hydrogens is 354 g/mol. The van der Waals surface area contributed by atoms with Crippen LogP contribution in [0.5, 0.6) is 0 Å². The molecule has 0 fully saturated rings. The minimum atomic E-state index is -0.465. The molecule has 0 aliphatic carbocycles.